The van der Waals surface area contributed by atoms with Crippen molar-refractivity contribution in [2.45, 2.75) is 43.0 Å². The topological polar surface area (TPSA) is 53.0 Å². The maximum atomic E-state index is 11.7. The highest BCUT2D eigenvalue weighted by atomic mass is 32.2. The second-order valence-electron chi connectivity index (χ2n) is 8.38. The highest BCUT2D eigenvalue weighted by molar-refractivity contribution is 7.99. The highest BCUT2D eigenvalue weighted by Gasteiger charge is 2.44. The van der Waals surface area contributed by atoms with Gasteiger partial charge in [-0.25, -0.2) is 4.79 Å². The number of piperidine rings is 1. The van der Waals surface area contributed by atoms with Crippen molar-refractivity contribution in [1.29, 1.82) is 0 Å². The molecule has 1 N–H and O–H groups in total. The van der Waals surface area contributed by atoms with Gasteiger partial charge in [0.2, 0.25) is 0 Å². The molecule has 5 nitrogen and oxygen atoms in total. The summed E-state index contributed by atoms with van der Waals surface area (Å²) in [6, 6.07) is 11.5. The van der Waals surface area contributed by atoms with Crippen LogP contribution in [0.3, 0.4) is 0 Å². The zero-order valence-corrected chi connectivity index (χ0v) is 18.4. The lowest BCUT2D eigenvalue weighted by atomic mass is 9.87. The van der Waals surface area contributed by atoms with Crippen molar-refractivity contribution in [2.75, 3.05) is 37.4 Å². The summed E-state index contributed by atoms with van der Waals surface area (Å²) in [4.78, 5) is 17.2. The van der Waals surface area contributed by atoms with Gasteiger partial charge in [-0.15, -0.1) is 11.8 Å². The lowest BCUT2D eigenvalue weighted by Crippen LogP contribution is -2.48. The number of amides is 1. The number of likely N-dealkylation sites (tertiary alicyclic amines) is 1. The van der Waals surface area contributed by atoms with Gasteiger partial charge in [-0.1, -0.05) is 13.0 Å². The molecule has 3 aliphatic rings. The Morgan fingerprint density at radius 2 is 2.13 bits per heavy atom. The van der Waals surface area contributed by atoms with E-state index in [4.69, 9.17) is 4.74 Å². The predicted molar refractivity (Wildman–Crippen MR) is 121 cm³/mol. The van der Waals surface area contributed by atoms with E-state index in [9.17, 15) is 9.90 Å². The van der Waals surface area contributed by atoms with Gasteiger partial charge in [-0.3, -0.25) is 0 Å². The maximum absolute atomic E-state index is 11.7. The zero-order chi connectivity index (χ0) is 20.8. The standard InChI is InChI=1S/C24H28N2O3S/c1-3-15-11-17(29-2)5-6-18(15)16-12-19-20-14-25(24(27)28)9-7-21(20)26-8-4-10-30-22(13-16)23(19)26/h5-6,11-13,20-21H,3-4,7-10,14H2,1-2H3,(H,27,28)/t20-,21-/m0/s1. The molecule has 3 heterocycles. The first-order valence-corrected chi connectivity index (χ1v) is 11.8. The molecule has 0 spiro atoms. The zero-order valence-electron chi connectivity index (χ0n) is 17.6. The molecule has 0 aromatic heterocycles. The number of nitrogens with zero attached hydrogens (tertiary/aromatic N) is 2. The van der Waals surface area contributed by atoms with Gasteiger partial charge in [0.15, 0.2) is 0 Å². The number of rotatable bonds is 3. The van der Waals surface area contributed by atoms with Crippen LogP contribution in [0.5, 0.6) is 5.75 Å². The second-order valence-corrected chi connectivity index (χ2v) is 9.51. The van der Waals surface area contributed by atoms with Crippen LogP contribution in [0.2, 0.25) is 0 Å². The van der Waals surface area contributed by atoms with Gasteiger partial charge in [-0.05, 0) is 71.5 Å². The Hall–Kier alpha value is -2.34. The van der Waals surface area contributed by atoms with Crippen LogP contribution >= 0.6 is 11.8 Å². The molecule has 0 bridgehead atoms. The van der Waals surface area contributed by atoms with Crippen LogP contribution in [0.25, 0.3) is 11.1 Å². The van der Waals surface area contributed by atoms with E-state index in [1.54, 1.807) is 12.0 Å². The van der Waals surface area contributed by atoms with Gasteiger partial charge in [0.05, 0.1) is 12.8 Å². The van der Waals surface area contributed by atoms with E-state index in [2.05, 4.69) is 36.1 Å². The summed E-state index contributed by atoms with van der Waals surface area (Å²) in [5.74, 6) is 2.28. The van der Waals surface area contributed by atoms with E-state index in [1.807, 2.05) is 17.8 Å². The normalized spacial score (nSPS) is 22.3. The highest BCUT2D eigenvalue weighted by Crippen LogP contribution is 2.52. The Morgan fingerprint density at radius 1 is 1.27 bits per heavy atom. The largest absolute Gasteiger partial charge is 0.497 e. The smallest absolute Gasteiger partial charge is 0.407 e. The molecular formula is C24H28N2O3S. The molecule has 3 aliphatic heterocycles. The Morgan fingerprint density at radius 3 is 2.90 bits per heavy atom. The monoisotopic (exact) mass is 424 g/mol. The predicted octanol–water partition coefficient (Wildman–Crippen LogP) is 5.08. The van der Waals surface area contributed by atoms with E-state index in [-0.39, 0.29) is 5.92 Å². The fraction of sp³-hybridized carbons (Fsp3) is 0.458. The molecule has 2 aromatic carbocycles. The number of aryl methyl sites for hydroxylation is 1. The van der Waals surface area contributed by atoms with Gasteiger partial charge in [0.25, 0.3) is 0 Å². The molecule has 0 aliphatic carbocycles. The van der Waals surface area contributed by atoms with Gasteiger partial charge in [0, 0.05) is 36.5 Å². The number of carbonyl (C=O) groups is 1. The molecule has 2 atom stereocenters. The third-order valence-corrected chi connectivity index (χ3v) is 7.96. The van der Waals surface area contributed by atoms with Crippen LogP contribution in [0.15, 0.2) is 35.2 Å². The first kappa shape index (κ1) is 19.6. The molecular weight excluding hydrogens is 396 g/mol. The van der Waals surface area contributed by atoms with E-state index < -0.39 is 6.09 Å². The Labute approximate surface area is 182 Å². The van der Waals surface area contributed by atoms with Gasteiger partial charge in [0.1, 0.15) is 5.75 Å². The molecule has 5 rings (SSSR count). The number of fused-ring (bicyclic) bond motifs is 3. The number of benzene rings is 2. The molecule has 0 radical (unpaired) electrons. The minimum Gasteiger partial charge on any atom is -0.497 e. The Balaban J connectivity index is 1.64. The van der Waals surface area contributed by atoms with Crippen LogP contribution in [-0.2, 0) is 6.42 Å². The molecule has 1 amide bonds. The van der Waals surface area contributed by atoms with Crippen LogP contribution in [-0.4, -0.2) is 54.6 Å². The van der Waals surface area contributed by atoms with E-state index in [1.165, 1.54) is 39.3 Å². The first-order valence-electron chi connectivity index (χ1n) is 10.8. The lowest BCUT2D eigenvalue weighted by molar-refractivity contribution is 0.127. The number of hydrogen-bond acceptors (Lipinski definition) is 4. The molecule has 0 unspecified atom stereocenters. The summed E-state index contributed by atoms with van der Waals surface area (Å²) >= 11 is 1.95. The van der Waals surface area contributed by atoms with Gasteiger partial charge in [-0.2, -0.15) is 0 Å². The first-order chi connectivity index (χ1) is 14.6. The van der Waals surface area contributed by atoms with Crippen molar-refractivity contribution < 1.29 is 14.6 Å². The number of carboxylic acid groups (broad SMARTS) is 1. The summed E-state index contributed by atoms with van der Waals surface area (Å²) in [5.41, 5.74) is 6.48. The van der Waals surface area contributed by atoms with E-state index >= 15 is 0 Å². The van der Waals surface area contributed by atoms with Crippen molar-refractivity contribution in [2.24, 2.45) is 0 Å². The Bertz CT molecular complexity index is 993. The molecule has 0 saturated carbocycles. The third kappa shape index (κ3) is 3.13. The number of thioether (sulfide) groups is 1. The molecule has 1 fully saturated rings. The van der Waals surface area contributed by atoms with Crippen LogP contribution in [0.4, 0.5) is 10.5 Å². The van der Waals surface area contributed by atoms with Crippen LogP contribution in [0.1, 0.15) is 36.8 Å². The van der Waals surface area contributed by atoms with Gasteiger partial charge < -0.3 is 19.6 Å². The molecule has 158 valence electrons. The van der Waals surface area contributed by atoms with Crippen molar-refractivity contribution in [3.8, 4) is 16.9 Å². The quantitative estimate of drug-likeness (QED) is 0.745. The molecule has 30 heavy (non-hydrogen) atoms. The molecule has 6 heteroatoms. The average Bonchev–Trinajstić information content (AvgIpc) is 2.92. The van der Waals surface area contributed by atoms with Crippen molar-refractivity contribution >= 4 is 23.5 Å². The number of methoxy groups -OCH3 is 1. The fourth-order valence-electron chi connectivity index (χ4n) is 5.41. The van der Waals surface area contributed by atoms with Crippen LogP contribution < -0.4 is 9.64 Å². The second kappa shape index (κ2) is 7.73. The van der Waals surface area contributed by atoms with Gasteiger partial charge >= 0.3 is 6.09 Å². The molecule has 2 aromatic rings. The molecule has 1 saturated heterocycles. The summed E-state index contributed by atoms with van der Waals surface area (Å²) in [5, 5.41) is 9.59. The summed E-state index contributed by atoms with van der Waals surface area (Å²) < 4.78 is 5.44. The minimum absolute atomic E-state index is 0.255. The number of anilines is 1. The SMILES string of the molecule is CCc1cc(OC)ccc1-c1cc2c3c(c1)[C@@H]1CN(C(=O)O)CC[C@@H]1N3CCCS2. The summed E-state index contributed by atoms with van der Waals surface area (Å²) in [7, 11) is 1.71. The number of ether oxygens (including phenoxy) is 1. The third-order valence-electron chi connectivity index (χ3n) is 6.84. The van der Waals surface area contributed by atoms with Crippen molar-refractivity contribution in [3.05, 3.63) is 41.5 Å². The average molecular weight is 425 g/mol. The number of hydrogen-bond donors (Lipinski definition) is 1. The maximum Gasteiger partial charge on any atom is 0.407 e. The van der Waals surface area contributed by atoms with Crippen LogP contribution in [0, 0.1) is 0 Å². The van der Waals surface area contributed by atoms with E-state index in [0.29, 0.717) is 19.1 Å². The van der Waals surface area contributed by atoms with Crippen molar-refractivity contribution in [3.63, 3.8) is 0 Å². The van der Waals surface area contributed by atoms with E-state index in [0.717, 1.165) is 30.9 Å². The summed E-state index contributed by atoms with van der Waals surface area (Å²) in [6.07, 6.45) is 2.22. The fourth-order valence-corrected chi connectivity index (χ4v) is 6.48. The minimum atomic E-state index is -0.797. The van der Waals surface area contributed by atoms with Crippen molar-refractivity contribution in [1.82, 2.24) is 4.90 Å². The lowest BCUT2D eigenvalue weighted by Gasteiger charge is -2.37. The Kier molecular flexibility index (Phi) is 5.05. The summed E-state index contributed by atoms with van der Waals surface area (Å²) in [6.45, 7) is 4.48.